The minimum atomic E-state index is -0.833. The van der Waals surface area contributed by atoms with Crippen molar-refractivity contribution in [2.75, 3.05) is 13.2 Å². The number of hydrogen-bond donors (Lipinski definition) is 1. The van der Waals surface area contributed by atoms with Crippen LogP contribution in [0.1, 0.15) is 24.9 Å². The van der Waals surface area contributed by atoms with E-state index in [-0.39, 0.29) is 0 Å². The second-order valence-corrected chi connectivity index (χ2v) is 4.89. The highest BCUT2D eigenvalue weighted by Gasteiger charge is 2.20. The molecule has 1 aromatic heterocycles. The van der Waals surface area contributed by atoms with Gasteiger partial charge in [-0.05, 0) is 18.6 Å². The number of benzene rings is 1. The van der Waals surface area contributed by atoms with Gasteiger partial charge in [0.15, 0.2) is 0 Å². The number of nitriles is 1. The van der Waals surface area contributed by atoms with E-state index in [9.17, 15) is 0 Å². The molecule has 0 aliphatic carbocycles. The Morgan fingerprint density at radius 2 is 2.32 bits per heavy atom. The zero-order valence-corrected chi connectivity index (χ0v) is 12.3. The Bertz CT molecular complexity index is 678. The van der Waals surface area contributed by atoms with E-state index in [4.69, 9.17) is 19.9 Å². The van der Waals surface area contributed by atoms with E-state index < -0.39 is 5.97 Å². The minimum absolute atomic E-state index is 0.355. The fraction of sp³-hybridized carbons (Fsp3) is 0.312. The quantitative estimate of drug-likeness (QED) is 0.920. The number of rotatable bonds is 2. The van der Waals surface area contributed by atoms with Gasteiger partial charge >= 0.3 is 0 Å². The monoisotopic (exact) mass is 299 g/mol. The fourth-order valence-corrected chi connectivity index (χ4v) is 2.30. The Kier molecular flexibility index (Phi) is 5.28. The molecular weight excluding hydrogens is 282 g/mol. The zero-order chi connectivity index (χ0) is 15.9. The summed E-state index contributed by atoms with van der Waals surface area (Å²) >= 11 is 0. The summed E-state index contributed by atoms with van der Waals surface area (Å²) in [4.78, 5) is 13.4. The first-order valence-electron chi connectivity index (χ1n) is 6.92. The first-order chi connectivity index (χ1) is 10.6. The Labute approximate surface area is 128 Å². The number of carbonyl (C=O) groups is 1. The first-order valence-corrected chi connectivity index (χ1v) is 6.92. The summed E-state index contributed by atoms with van der Waals surface area (Å²) in [5.74, 6) is 0.0719. The van der Waals surface area contributed by atoms with Crippen LogP contribution in [-0.4, -0.2) is 33.8 Å². The van der Waals surface area contributed by atoms with E-state index in [1.54, 1.807) is 12.3 Å². The molecule has 1 aromatic carbocycles. The molecule has 1 saturated heterocycles. The van der Waals surface area contributed by atoms with Crippen LogP contribution in [0.15, 0.2) is 36.7 Å². The Morgan fingerprint density at radius 3 is 2.95 bits per heavy atom. The second kappa shape index (κ2) is 7.38. The van der Waals surface area contributed by atoms with Crippen molar-refractivity contribution in [3.8, 4) is 17.5 Å². The van der Waals surface area contributed by atoms with Crippen molar-refractivity contribution in [3.63, 3.8) is 0 Å². The SMILES string of the molecule is CC(=O)O.N#Cc1cccc(-c2nccn2C2CCOC2)c1. The number of aromatic nitrogens is 2. The van der Waals surface area contributed by atoms with Crippen LogP contribution in [0.3, 0.4) is 0 Å². The lowest BCUT2D eigenvalue weighted by molar-refractivity contribution is -0.134. The van der Waals surface area contributed by atoms with Gasteiger partial charge in [-0.3, -0.25) is 4.79 Å². The van der Waals surface area contributed by atoms with E-state index in [0.29, 0.717) is 11.6 Å². The van der Waals surface area contributed by atoms with Crippen molar-refractivity contribution in [1.29, 1.82) is 5.26 Å². The maximum atomic E-state index is 9.00. The normalized spacial score (nSPS) is 16.5. The molecule has 6 heteroatoms. The molecule has 0 saturated carbocycles. The van der Waals surface area contributed by atoms with Crippen LogP contribution in [0.5, 0.6) is 0 Å². The molecular formula is C16H17N3O3. The molecule has 1 N–H and O–H groups in total. The largest absolute Gasteiger partial charge is 0.481 e. The summed E-state index contributed by atoms with van der Waals surface area (Å²) in [5.41, 5.74) is 1.63. The predicted molar refractivity (Wildman–Crippen MR) is 80.2 cm³/mol. The maximum Gasteiger partial charge on any atom is 0.300 e. The lowest BCUT2D eigenvalue weighted by Crippen LogP contribution is -2.09. The van der Waals surface area contributed by atoms with Crippen LogP contribution in [0, 0.1) is 11.3 Å². The minimum Gasteiger partial charge on any atom is -0.481 e. The standard InChI is InChI=1S/C14H13N3O.C2H4O2/c15-9-11-2-1-3-12(8-11)14-16-5-6-17(14)13-4-7-18-10-13;1-2(3)4/h1-3,5-6,8,13H,4,7,10H2;1H3,(H,3,4). The molecule has 3 rings (SSSR count). The molecule has 1 aliphatic rings. The van der Waals surface area contributed by atoms with E-state index in [2.05, 4.69) is 15.6 Å². The van der Waals surface area contributed by atoms with E-state index in [1.165, 1.54) is 0 Å². The number of ether oxygens (including phenoxy) is 1. The van der Waals surface area contributed by atoms with Gasteiger partial charge in [0.1, 0.15) is 5.82 Å². The Balaban J connectivity index is 0.000000396. The van der Waals surface area contributed by atoms with Gasteiger partial charge in [-0.2, -0.15) is 5.26 Å². The summed E-state index contributed by atoms with van der Waals surface area (Å²) in [6.07, 6.45) is 4.79. The summed E-state index contributed by atoms with van der Waals surface area (Å²) < 4.78 is 7.56. The van der Waals surface area contributed by atoms with Crippen molar-refractivity contribution >= 4 is 5.97 Å². The molecule has 1 atom stereocenters. The fourth-order valence-electron chi connectivity index (χ4n) is 2.30. The van der Waals surface area contributed by atoms with Gasteiger partial charge in [-0.25, -0.2) is 4.98 Å². The molecule has 2 heterocycles. The van der Waals surface area contributed by atoms with Crippen molar-refractivity contribution in [2.24, 2.45) is 0 Å². The third kappa shape index (κ3) is 3.93. The van der Waals surface area contributed by atoms with Gasteiger partial charge < -0.3 is 14.4 Å². The first kappa shape index (κ1) is 15.7. The number of carboxylic acid groups (broad SMARTS) is 1. The molecule has 22 heavy (non-hydrogen) atoms. The highest BCUT2D eigenvalue weighted by atomic mass is 16.5. The second-order valence-electron chi connectivity index (χ2n) is 4.89. The van der Waals surface area contributed by atoms with Crippen molar-refractivity contribution in [3.05, 3.63) is 42.2 Å². The van der Waals surface area contributed by atoms with Crippen molar-refractivity contribution in [1.82, 2.24) is 9.55 Å². The topological polar surface area (TPSA) is 88.1 Å². The maximum absolute atomic E-state index is 9.00. The highest BCUT2D eigenvalue weighted by molar-refractivity contribution is 5.63. The van der Waals surface area contributed by atoms with Crippen molar-refractivity contribution in [2.45, 2.75) is 19.4 Å². The zero-order valence-electron chi connectivity index (χ0n) is 12.3. The summed E-state index contributed by atoms with van der Waals surface area (Å²) in [7, 11) is 0. The number of nitrogens with zero attached hydrogens (tertiary/aromatic N) is 3. The number of aliphatic carboxylic acids is 1. The summed E-state index contributed by atoms with van der Waals surface area (Å²) in [5, 5.41) is 16.4. The molecule has 0 spiro atoms. The van der Waals surface area contributed by atoms with Gasteiger partial charge in [0.2, 0.25) is 0 Å². The number of carboxylic acids is 1. The van der Waals surface area contributed by atoms with Gasteiger partial charge in [0.05, 0.1) is 24.3 Å². The van der Waals surface area contributed by atoms with Gasteiger partial charge in [-0.1, -0.05) is 12.1 Å². The molecule has 2 aromatic rings. The van der Waals surface area contributed by atoms with Crippen LogP contribution in [0.2, 0.25) is 0 Å². The predicted octanol–water partition coefficient (Wildman–Crippen LogP) is 2.47. The third-order valence-electron chi connectivity index (χ3n) is 3.22. The Hall–Kier alpha value is -2.65. The molecule has 6 nitrogen and oxygen atoms in total. The molecule has 1 aliphatic heterocycles. The number of hydrogen-bond acceptors (Lipinski definition) is 4. The summed E-state index contributed by atoms with van der Waals surface area (Å²) in [6, 6.07) is 10.1. The molecule has 1 fully saturated rings. The van der Waals surface area contributed by atoms with E-state index in [1.807, 2.05) is 24.4 Å². The van der Waals surface area contributed by atoms with Gasteiger partial charge in [-0.15, -0.1) is 0 Å². The van der Waals surface area contributed by atoms with Gasteiger partial charge in [0.25, 0.3) is 5.97 Å². The van der Waals surface area contributed by atoms with Crippen LogP contribution in [0.4, 0.5) is 0 Å². The highest BCUT2D eigenvalue weighted by Crippen LogP contribution is 2.26. The average molecular weight is 299 g/mol. The van der Waals surface area contributed by atoms with E-state index >= 15 is 0 Å². The van der Waals surface area contributed by atoms with Crippen molar-refractivity contribution < 1.29 is 14.6 Å². The third-order valence-corrected chi connectivity index (χ3v) is 3.22. The summed E-state index contributed by atoms with van der Waals surface area (Å²) in [6.45, 7) is 2.63. The average Bonchev–Trinajstić information content (AvgIpc) is 3.17. The van der Waals surface area contributed by atoms with Crippen LogP contribution in [0.25, 0.3) is 11.4 Å². The number of imidazole rings is 1. The molecule has 0 radical (unpaired) electrons. The van der Waals surface area contributed by atoms with E-state index in [0.717, 1.165) is 37.9 Å². The van der Waals surface area contributed by atoms with Crippen LogP contribution in [-0.2, 0) is 9.53 Å². The van der Waals surface area contributed by atoms with Gasteiger partial charge in [0, 0.05) is 31.5 Å². The Morgan fingerprint density at radius 1 is 1.55 bits per heavy atom. The molecule has 114 valence electrons. The molecule has 0 bridgehead atoms. The van der Waals surface area contributed by atoms with Crippen LogP contribution >= 0.6 is 0 Å². The lowest BCUT2D eigenvalue weighted by Gasteiger charge is -2.13. The van der Waals surface area contributed by atoms with Crippen LogP contribution < -0.4 is 0 Å². The molecule has 0 amide bonds. The smallest absolute Gasteiger partial charge is 0.300 e. The lowest BCUT2D eigenvalue weighted by atomic mass is 10.1. The molecule has 1 unspecified atom stereocenters.